The van der Waals surface area contributed by atoms with Crippen molar-refractivity contribution in [3.05, 3.63) is 46.7 Å². The average molecular weight is 305 g/mol. The number of para-hydroxylation sites is 1. The molecule has 0 unspecified atom stereocenters. The number of carbonyl (C=O) groups excluding carboxylic acids is 1. The molecule has 0 saturated heterocycles. The van der Waals surface area contributed by atoms with Gasteiger partial charge >= 0.3 is 5.97 Å². The van der Waals surface area contributed by atoms with Gasteiger partial charge in [-0.2, -0.15) is 5.10 Å². The molecule has 1 heterocycles. The molecule has 5 heteroatoms. The van der Waals surface area contributed by atoms with Gasteiger partial charge in [0.1, 0.15) is 11.8 Å². The molecule has 0 amide bonds. The molecule has 0 aliphatic heterocycles. The zero-order chi connectivity index (χ0) is 14.8. The van der Waals surface area contributed by atoms with Crippen molar-refractivity contribution in [2.24, 2.45) is 5.92 Å². The lowest BCUT2D eigenvalue weighted by Gasteiger charge is -2.23. The smallest absolute Gasteiger partial charge is 0.309 e. The predicted octanol–water partition coefficient (Wildman–Crippen LogP) is 3.68. The van der Waals surface area contributed by atoms with Crippen LogP contribution >= 0.6 is 11.6 Å². The molecule has 3 rings (SSSR count). The molecule has 1 aromatic carbocycles. The third kappa shape index (κ3) is 2.81. The number of esters is 1. The molecular formula is C16H17ClN2O2. The van der Waals surface area contributed by atoms with Gasteiger partial charge < -0.3 is 4.74 Å². The molecule has 0 N–H and O–H groups in total. The van der Waals surface area contributed by atoms with Crippen LogP contribution in [0.25, 0.3) is 5.69 Å². The summed E-state index contributed by atoms with van der Waals surface area (Å²) in [6.07, 6.45) is 3.00. The number of rotatable bonds is 4. The maximum atomic E-state index is 11.8. The van der Waals surface area contributed by atoms with E-state index in [9.17, 15) is 4.79 Å². The number of hydrogen-bond acceptors (Lipinski definition) is 3. The van der Waals surface area contributed by atoms with Crippen LogP contribution in [0.3, 0.4) is 0 Å². The van der Waals surface area contributed by atoms with Gasteiger partial charge in [-0.05, 0) is 31.9 Å². The molecule has 0 atom stereocenters. The van der Waals surface area contributed by atoms with Crippen molar-refractivity contribution in [1.29, 1.82) is 0 Å². The van der Waals surface area contributed by atoms with Gasteiger partial charge in [0.25, 0.3) is 0 Å². The summed E-state index contributed by atoms with van der Waals surface area (Å²) in [5.41, 5.74) is 2.45. The highest BCUT2D eigenvalue weighted by Gasteiger charge is 2.27. The number of hydrogen-bond donors (Lipinski definition) is 0. The minimum Gasteiger partial charge on any atom is -0.460 e. The number of aromatic nitrogens is 2. The van der Waals surface area contributed by atoms with Gasteiger partial charge in [-0.25, -0.2) is 4.68 Å². The molecule has 21 heavy (non-hydrogen) atoms. The van der Waals surface area contributed by atoms with E-state index in [1.807, 2.05) is 37.3 Å². The number of halogens is 1. The lowest BCUT2D eigenvalue weighted by Crippen LogP contribution is -2.24. The summed E-state index contributed by atoms with van der Waals surface area (Å²) in [4.78, 5) is 11.8. The van der Waals surface area contributed by atoms with Gasteiger partial charge in [-0.3, -0.25) is 4.79 Å². The summed E-state index contributed by atoms with van der Waals surface area (Å²) in [6.45, 7) is 2.06. The van der Waals surface area contributed by atoms with Gasteiger partial charge in [-0.15, -0.1) is 0 Å². The fourth-order valence-corrected chi connectivity index (χ4v) is 2.67. The Morgan fingerprint density at radius 3 is 2.71 bits per heavy atom. The fraction of sp³-hybridized carbons (Fsp3) is 0.375. The summed E-state index contributed by atoms with van der Waals surface area (Å²) in [5, 5.41) is 4.93. The number of benzene rings is 1. The highest BCUT2D eigenvalue weighted by Crippen LogP contribution is 2.29. The van der Waals surface area contributed by atoms with Gasteiger partial charge in [0, 0.05) is 5.56 Å². The van der Waals surface area contributed by atoms with Crippen molar-refractivity contribution >= 4 is 17.6 Å². The van der Waals surface area contributed by atoms with Gasteiger partial charge in [0.2, 0.25) is 0 Å². The molecule has 1 saturated carbocycles. The number of ether oxygens (including phenoxy) is 1. The van der Waals surface area contributed by atoms with Gasteiger partial charge in [0.05, 0.1) is 17.3 Å². The lowest BCUT2D eigenvalue weighted by molar-refractivity contribution is -0.152. The van der Waals surface area contributed by atoms with Crippen molar-refractivity contribution in [2.75, 3.05) is 0 Å². The van der Waals surface area contributed by atoms with E-state index in [-0.39, 0.29) is 18.5 Å². The lowest BCUT2D eigenvalue weighted by atomic mass is 9.86. The van der Waals surface area contributed by atoms with Crippen LogP contribution in [0.5, 0.6) is 0 Å². The Kier molecular flexibility index (Phi) is 3.97. The van der Waals surface area contributed by atoms with Crippen LogP contribution < -0.4 is 0 Å². The maximum absolute atomic E-state index is 11.8. The van der Waals surface area contributed by atoms with E-state index in [0.29, 0.717) is 5.15 Å². The largest absolute Gasteiger partial charge is 0.460 e. The number of nitrogens with zero attached hydrogens (tertiary/aromatic N) is 2. The van der Waals surface area contributed by atoms with Crippen LogP contribution in [0.2, 0.25) is 5.15 Å². The average Bonchev–Trinajstić information content (AvgIpc) is 2.71. The van der Waals surface area contributed by atoms with Crippen LogP contribution in [0, 0.1) is 12.8 Å². The molecule has 110 valence electrons. The quantitative estimate of drug-likeness (QED) is 0.809. The standard InChI is InChI=1S/C16H17ClN2O2/c1-11-14(10-21-16(20)12-6-5-7-12)15(17)19(18-11)13-8-3-2-4-9-13/h2-4,8-9,12H,5-7,10H2,1H3. The predicted molar refractivity (Wildman–Crippen MR) is 80.4 cm³/mol. The van der Waals surface area contributed by atoms with Crippen LogP contribution in [-0.2, 0) is 16.1 Å². The van der Waals surface area contributed by atoms with Gasteiger partial charge in [0.15, 0.2) is 0 Å². The molecule has 1 aromatic heterocycles. The van der Waals surface area contributed by atoms with Crippen molar-refractivity contribution in [3.63, 3.8) is 0 Å². The summed E-state index contributed by atoms with van der Waals surface area (Å²) < 4.78 is 7.04. The van der Waals surface area contributed by atoms with E-state index < -0.39 is 0 Å². The molecule has 1 aliphatic rings. The second kappa shape index (κ2) is 5.90. The Labute approximate surface area is 128 Å². The normalized spacial score (nSPS) is 14.8. The third-order valence-corrected chi connectivity index (χ3v) is 4.31. The third-order valence-electron chi connectivity index (χ3n) is 3.92. The van der Waals surface area contributed by atoms with Crippen molar-refractivity contribution in [2.45, 2.75) is 32.8 Å². The van der Waals surface area contributed by atoms with Crippen molar-refractivity contribution in [3.8, 4) is 5.69 Å². The minimum absolute atomic E-state index is 0.0771. The van der Waals surface area contributed by atoms with Crippen molar-refractivity contribution in [1.82, 2.24) is 9.78 Å². The zero-order valence-corrected chi connectivity index (χ0v) is 12.6. The number of aryl methyl sites for hydroxylation is 1. The second-order valence-corrected chi connectivity index (χ2v) is 5.70. The SMILES string of the molecule is Cc1nn(-c2ccccc2)c(Cl)c1COC(=O)C1CCC1. The zero-order valence-electron chi connectivity index (χ0n) is 11.9. The highest BCUT2D eigenvalue weighted by atomic mass is 35.5. The topological polar surface area (TPSA) is 44.1 Å². The maximum Gasteiger partial charge on any atom is 0.309 e. The monoisotopic (exact) mass is 304 g/mol. The summed E-state index contributed by atoms with van der Waals surface area (Å²) in [5.74, 6) is -0.0440. The van der Waals surface area contributed by atoms with Gasteiger partial charge in [-0.1, -0.05) is 36.2 Å². The van der Waals surface area contributed by atoms with Crippen LogP contribution in [0.1, 0.15) is 30.5 Å². The highest BCUT2D eigenvalue weighted by molar-refractivity contribution is 6.30. The molecule has 0 spiro atoms. The summed E-state index contributed by atoms with van der Waals surface area (Å²) >= 11 is 6.38. The van der Waals surface area contributed by atoms with E-state index in [2.05, 4.69) is 5.10 Å². The fourth-order valence-electron chi connectivity index (χ4n) is 2.34. The van der Waals surface area contributed by atoms with E-state index in [4.69, 9.17) is 16.3 Å². The Bertz CT molecular complexity index is 648. The first-order chi connectivity index (χ1) is 10.2. The Hall–Kier alpha value is -1.81. The van der Waals surface area contributed by atoms with E-state index >= 15 is 0 Å². The van der Waals surface area contributed by atoms with E-state index in [1.165, 1.54) is 0 Å². The van der Waals surface area contributed by atoms with E-state index in [1.54, 1.807) is 4.68 Å². The van der Waals surface area contributed by atoms with E-state index in [0.717, 1.165) is 36.2 Å². The van der Waals surface area contributed by atoms with Crippen LogP contribution in [-0.4, -0.2) is 15.7 Å². The molecule has 1 fully saturated rings. The Morgan fingerprint density at radius 1 is 1.38 bits per heavy atom. The van der Waals surface area contributed by atoms with Crippen LogP contribution in [0.4, 0.5) is 0 Å². The molecule has 0 bridgehead atoms. The molecule has 4 nitrogen and oxygen atoms in total. The first-order valence-electron chi connectivity index (χ1n) is 7.13. The van der Waals surface area contributed by atoms with Crippen molar-refractivity contribution < 1.29 is 9.53 Å². The van der Waals surface area contributed by atoms with Crippen LogP contribution in [0.15, 0.2) is 30.3 Å². The summed E-state index contributed by atoms with van der Waals surface area (Å²) in [6, 6.07) is 9.66. The summed E-state index contributed by atoms with van der Waals surface area (Å²) in [7, 11) is 0. The molecule has 1 aliphatic carbocycles. The molecular weight excluding hydrogens is 288 g/mol. The molecule has 2 aromatic rings. The minimum atomic E-state index is -0.121. The molecule has 0 radical (unpaired) electrons. The Morgan fingerprint density at radius 2 is 2.10 bits per heavy atom. The first kappa shape index (κ1) is 14.1. The Balaban J connectivity index is 1.77. The first-order valence-corrected chi connectivity index (χ1v) is 7.50. The number of carbonyl (C=O) groups is 1. The second-order valence-electron chi connectivity index (χ2n) is 5.34.